The Bertz CT molecular complexity index is 885. The zero-order valence-corrected chi connectivity index (χ0v) is 36.0. The van der Waals surface area contributed by atoms with Gasteiger partial charge in [0.05, 0.1) is 13.2 Å². The maximum atomic E-state index is 12.2. The molecule has 0 fully saturated rings. The molecule has 0 radical (unpaired) electrons. The van der Waals surface area contributed by atoms with E-state index >= 15 is 0 Å². The molecule has 4 heteroatoms. The van der Waals surface area contributed by atoms with Crippen LogP contribution in [0.5, 0.6) is 0 Å². The smallest absolute Gasteiger partial charge is 0.306 e. The number of unbranched alkanes of at least 4 members (excludes halogenated alkanes) is 25. The van der Waals surface area contributed by atoms with E-state index in [0.29, 0.717) is 19.6 Å². The van der Waals surface area contributed by atoms with Gasteiger partial charge in [-0.2, -0.15) is 0 Å². The van der Waals surface area contributed by atoms with Crippen molar-refractivity contribution in [1.82, 2.24) is 0 Å². The summed E-state index contributed by atoms with van der Waals surface area (Å²) in [6, 6.07) is 0. The molecule has 0 spiro atoms. The summed E-state index contributed by atoms with van der Waals surface area (Å²) in [5, 5.41) is 9.62. The van der Waals surface area contributed by atoms with Crippen molar-refractivity contribution in [2.75, 3.05) is 19.8 Å². The average Bonchev–Trinajstić information content (AvgIpc) is 3.18. The molecule has 0 heterocycles. The standard InChI is InChI=1S/C50H90O4/c1-3-5-7-9-11-13-15-17-19-21-22-23-24-25-26-27-28-29-31-33-35-37-39-41-43-45-50(52)54-49(47-51)48-53-46-44-42-40-38-36-34-32-30-20-18-16-14-12-10-8-6-4-2/h5,7,11,13,17,19-20,22-23,30,49,51H,3-4,6,8-10,12,14-16,18,21,24-29,31-48H2,1-2H3/b7-5-,13-11-,19-17-,23-22-,30-20-. The minimum atomic E-state index is -0.540. The van der Waals surface area contributed by atoms with Crippen LogP contribution in [-0.4, -0.2) is 37.0 Å². The number of esters is 1. The highest BCUT2D eigenvalue weighted by Gasteiger charge is 2.13. The third kappa shape index (κ3) is 44.5. The fourth-order valence-corrected chi connectivity index (χ4v) is 6.61. The van der Waals surface area contributed by atoms with Crippen molar-refractivity contribution in [3.63, 3.8) is 0 Å². The number of aliphatic hydroxyl groups excluding tert-OH is 1. The van der Waals surface area contributed by atoms with Gasteiger partial charge in [0.15, 0.2) is 0 Å². The van der Waals surface area contributed by atoms with E-state index in [1.165, 1.54) is 161 Å². The van der Waals surface area contributed by atoms with Crippen molar-refractivity contribution in [2.24, 2.45) is 0 Å². The lowest BCUT2D eigenvalue weighted by molar-refractivity contribution is -0.154. The van der Waals surface area contributed by atoms with Crippen LogP contribution in [-0.2, 0) is 14.3 Å². The van der Waals surface area contributed by atoms with Gasteiger partial charge in [0.2, 0.25) is 0 Å². The van der Waals surface area contributed by atoms with Crippen LogP contribution in [0, 0.1) is 0 Å². The molecule has 1 N–H and O–H groups in total. The molecule has 0 saturated carbocycles. The third-order valence-electron chi connectivity index (χ3n) is 10.1. The van der Waals surface area contributed by atoms with Gasteiger partial charge in [0.1, 0.15) is 6.10 Å². The summed E-state index contributed by atoms with van der Waals surface area (Å²) in [6.45, 7) is 5.23. The lowest BCUT2D eigenvalue weighted by atomic mass is 10.0. The summed E-state index contributed by atoms with van der Waals surface area (Å²) in [4.78, 5) is 12.2. The summed E-state index contributed by atoms with van der Waals surface area (Å²) in [5.74, 6) is -0.205. The first-order valence-corrected chi connectivity index (χ1v) is 23.4. The van der Waals surface area contributed by atoms with Crippen molar-refractivity contribution in [3.8, 4) is 0 Å². The molecule has 54 heavy (non-hydrogen) atoms. The van der Waals surface area contributed by atoms with E-state index < -0.39 is 6.10 Å². The van der Waals surface area contributed by atoms with E-state index in [-0.39, 0.29) is 12.6 Å². The average molecular weight is 755 g/mol. The summed E-state index contributed by atoms with van der Waals surface area (Å²) >= 11 is 0. The molecule has 0 aromatic rings. The minimum Gasteiger partial charge on any atom is -0.457 e. The predicted octanol–water partition coefficient (Wildman–Crippen LogP) is 15.6. The molecule has 0 aliphatic heterocycles. The van der Waals surface area contributed by atoms with Crippen molar-refractivity contribution >= 4 is 5.97 Å². The van der Waals surface area contributed by atoms with E-state index in [9.17, 15) is 9.90 Å². The van der Waals surface area contributed by atoms with Crippen LogP contribution >= 0.6 is 0 Å². The lowest BCUT2D eigenvalue weighted by Crippen LogP contribution is -2.27. The first-order chi connectivity index (χ1) is 26.7. The monoisotopic (exact) mass is 755 g/mol. The van der Waals surface area contributed by atoms with Gasteiger partial charge < -0.3 is 14.6 Å². The van der Waals surface area contributed by atoms with Crippen LogP contribution in [0.2, 0.25) is 0 Å². The largest absolute Gasteiger partial charge is 0.457 e. The second-order valence-corrected chi connectivity index (χ2v) is 15.4. The van der Waals surface area contributed by atoms with Crippen molar-refractivity contribution in [2.45, 2.75) is 232 Å². The zero-order valence-electron chi connectivity index (χ0n) is 36.0. The quantitative estimate of drug-likeness (QED) is 0.0383. The van der Waals surface area contributed by atoms with Crippen LogP contribution in [0.25, 0.3) is 0 Å². The van der Waals surface area contributed by atoms with E-state index in [2.05, 4.69) is 74.6 Å². The zero-order chi connectivity index (χ0) is 39.1. The molecule has 0 bridgehead atoms. The van der Waals surface area contributed by atoms with Gasteiger partial charge in [-0.25, -0.2) is 0 Å². The lowest BCUT2D eigenvalue weighted by Gasteiger charge is -2.15. The normalized spacial score (nSPS) is 12.9. The summed E-state index contributed by atoms with van der Waals surface area (Å²) in [5.41, 5.74) is 0. The topological polar surface area (TPSA) is 55.8 Å². The van der Waals surface area contributed by atoms with Crippen LogP contribution in [0.15, 0.2) is 60.8 Å². The molecule has 314 valence electrons. The van der Waals surface area contributed by atoms with Gasteiger partial charge in [-0.05, 0) is 77.0 Å². The molecule has 1 atom stereocenters. The second-order valence-electron chi connectivity index (χ2n) is 15.4. The number of ether oxygens (including phenoxy) is 2. The van der Waals surface area contributed by atoms with Gasteiger partial charge in [0.25, 0.3) is 0 Å². The maximum Gasteiger partial charge on any atom is 0.306 e. The SMILES string of the molecule is CC/C=C\C/C=C\C/C=C\C/C=C\CCCCCCCCCCCCCCC(=O)OC(CO)COCCCCCCCC/C=C\CCCCCCCCC. The highest BCUT2D eigenvalue weighted by Crippen LogP contribution is 2.14. The van der Waals surface area contributed by atoms with Crippen molar-refractivity contribution in [1.29, 1.82) is 0 Å². The summed E-state index contributed by atoms with van der Waals surface area (Å²) in [7, 11) is 0. The van der Waals surface area contributed by atoms with E-state index in [0.717, 1.165) is 44.9 Å². The molecule has 0 aliphatic carbocycles. The number of carbonyl (C=O) groups excluding carboxylic acids is 1. The highest BCUT2D eigenvalue weighted by atomic mass is 16.6. The van der Waals surface area contributed by atoms with Crippen molar-refractivity contribution in [3.05, 3.63) is 60.8 Å². The Morgan fingerprint density at radius 1 is 0.463 bits per heavy atom. The molecular weight excluding hydrogens is 665 g/mol. The number of rotatable bonds is 43. The van der Waals surface area contributed by atoms with Crippen LogP contribution < -0.4 is 0 Å². The van der Waals surface area contributed by atoms with E-state index in [1.807, 2.05) is 0 Å². The number of hydrogen-bond acceptors (Lipinski definition) is 4. The second kappa shape index (κ2) is 47.2. The van der Waals surface area contributed by atoms with Crippen LogP contribution in [0.3, 0.4) is 0 Å². The van der Waals surface area contributed by atoms with Gasteiger partial charge in [-0.15, -0.1) is 0 Å². The predicted molar refractivity (Wildman–Crippen MR) is 237 cm³/mol. The maximum absolute atomic E-state index is 12.2. The molecule has 0 rings (SSSR count). The number of carbonyl (C=O) groups is 1. The molecular formula is C50H90O4. The van der Waals surface area contributed by atoms with E-state index in [4.69, 9.17) is 9.47 Å². The molecule has 0 aliphatic rings. The van der Waals surface area contributed by atoms with Crippen LogP contribution in [0.1, 0.15) is 226 Å². The Morgan fingerprint density at radius 3 is 1.28 bits per heavy atom. The highest BCUT2D eigenvalue weighted by molar-refractivity contribution is 5.69. The Kier molecular flexibility index (Phi) is 45.6. The first-order valence-electron chi connectivity index (χ1n) is 23.4. The third-order valence-corrected chi connectivity index (χ3v) is 10.1. The Labute approximate surface area is 336 Å². The Hall–Kier alpha value is -1.91. The molecule has 0 aromatic carbocycles. The Morgan fingerprint density at radius 2 is 0.833 bits per heavy atom. The summed E-state index contributed by atoms with van der Waals surface area (Å²) in [6.07, 6.45) is 62.9. The van der Waals surface area contributed by atoms with Gasteiger partial charge >= 0.3 is 5.97 Å². The molecule has 1 unspecified atom stereocenters. The number of aliphatic hydroxyl groups is 1. The van der Waals surface area contributed by atoms with Gasteiger partial charge in [-0.3, -0.25) is 4.79 Å². The summed E-state index contributed by atoms with van der Waals surface area (Å²) < 4.78 is 11.2. The molecule has 0 amide bonds. The molecule has 0 aromatic heterocycles. The number of hydrogen-bond donors (Lipinski definition) is 1. The van der Waals surface area contributed by atoms with E-state index in [1.54, 1.807) is 0 Å². The number of allylic oxidation sites excluding steroid dienone is 10. The van der Waals surface area contributed by atoms with Gasteiger partial charge in [-0.1, -0.05) is 203 Å². The molecule has 0 saturated heterocycles. The van der Waals surface area contributed by atoms with Crippen LogP contribution in [0.4, 0.5) is 0 Å². The fraction of sp³-hybridized carbons (Fsp3) is 0.780. The first kappa shape index (κ1) is 52.1. The molecule has 4 nitrogen and oxygen atoms in total. The van der Waals surface area contributed by atoms with Gasteiger partial charge in [0, 0.05) is 13.0 Å². The fourth-order valence-electron chi connectivity index (χ4n) is 6.61. The Balaban J connectivity index is 3.43. The minimum absolute atomic E-state index is 0.175. The van der Waals surface area contributed by atoms with Crippen molar-refractivity contribution < 1.29 is 19.4 Å².